The third-order valence-electron chi connectivity index (χ3n) is 2.01. The highest BCUT2D eigenvalue weighted by Gasteiger charge is 2.21. The van der Waals surface area contributed by atoms with E-state index in [4.69, 9.17) is 5.73 Å². The van der Waals surface area contributed by atoms with Gasteiger partial charge in [-0.15, -0.1) is 11.3 Å². The van der Waals surface area contributed by atoms with E-state index < -0.39 is 0 Å². The predicted molar refractivity (Wildman–Crippen MR) is 58.3 cm³/mol. The zero-order chi connectivity index (χ0) is 9.97. The zero-order valence-corrected chi connectivity index (χ0v) is 8.97. The fourth-order valence-electron chi connectivity index (χ4n) is 1.13. The summed E-state index contributed by atoms with van der Waals surface area (Å²) in [6, 6.07) is 0.566. The molecule has 4 nitrogen and oxygen atoms in total. The SMILES string of the molecule is Cc1nc(CN=C(N)NC2CC2)cs1. The molecule has 1 heterocycles. The summed E-state index contributed by atoms with van der Waals surface area (Å²) in [4.78, 5) is 8.52. The predicted octanol–water partition coefficient (Wildman–Crippen LogP) is 1.02. The lowest BCUT2D eigenvalue weighted by Crippen LogP contribution is -2.33. The average molecular weight is 210 g/mol. The lowest BCUT2D eigenvalue weighted by molar-refractivity contribution is 0.873. The van der Waals surface area contributed by atoms with Crippen LogP contribution in [0.25, 0.3) is 0 Å². The van der Waals surface area contributed by atoms with Gasteiger partial charge in [0, 0.05) is 11.4 Å². The molecular weight excluding hydrogens is 196 g/mol. The van der Waals surface area contributed by atoms with Crippen LogP contribution in [0.3, 0.4) is 0 Å². The molecule has 0 aromatic carbocycles. The number of hydrogen-bond acceptors (Lipinski definition) is 3. The van der Waals surface area contributed by atoms with E-state index in [1.165, 1.54) is 12.8 Å². The van der Waals surface area contributed by atoms with Crippen LogP contribution in [0.15, 0.2) is 10.4 Å². The van der Waals surface area contributed by atoms with Gasteiger partial charge in [0.25, 0.3) is 0 Å². The van der Waals surface area contributed by atoms with Gasteiger partial charge in [0.05, 0.1) is 17.2 Å². The highest BCUT2D eigenvalue weighted by atomic mass is 32.1. The second kappa shape index (κ2) is 3.96. The minimum atomic E-state index is 0.540. The Hall–Kier alpha value is -1.10. The van der Waals surface area contributed by atoms with Gasteiger partial charge in [-0.2, -0.15) is 0 Å². The highest BCUT2D eigenvalue weighted by molar-refractivity contribution is 7.09. The van der Waals surface area contributed by atoms with Crippen molar-refractivity contribution in [3.63, 3.8) is 0 Å². The molecule has 14 heavy (non-hydrogen) atoms. The molecule has 0 radical (unpaired) electrons. The van der Waals surface area contributed by atoms with Crippen LogP contribution < -0.4 is 11.1 Å². The molecule has 0 bridgehead atoms. The van der Waals surface area contributed by atoms with E-state index in [2.05, 4.69) is 15.3 Å². The first-order valence-electron chi connectivity index (χ1n) is 4.71. The minimum absolute atomic E-state index is 0.540. The molecule has 1 aromatic heterocycles. The van der Waals surface area contributed by atoms with Crippen LogP contribution in [0.2, 0.25) is 0 Å². The maximum Gasteiger partial charge on any atom is 0.189 e. The van der Waals surface area contributed by atoms with Gasteiger partial charge in [-0.25, -0.2) is 9.98 Å². The summed E-state index contributed by atoms with van der Waals surface area (Å²) in [7, 11) is 0. The zero-order valence-electron chi connectivity index (χ0n) is 8.16. The summed E-state index contributed by atoms with van der Waals surface area (Å²) < 4.78 is 0. The molecule has 1 aliphatic rings. The number of rotatable bonds is 3. The molecule has 3 N–H and O–H groups in total. The topological polar surface area (TPSA) is 63.3 Å². The maximum atomic E-state index is 5.68. The van der Waals surface area contributed by atoms with E-state index in [1.807, 2.05) is 12.3 Å². The van der Waals surface area contributed by atoms with E-state index in [1.54, 1.807) is 11.3 Å². The Bertz CT molecular complexity index is 340. The summed E-state index contributed by atoms with van der Waals surface area (Å²) in [5, 5.41) is 6.22. The summed E-state index contributed by atoms with van der Waals surface area (Å²) in [5.74, 6) is 0.540. The standard InChI is InChI=1S/C9H14N4S/c1-6-12-8(5-14-6)4-11-9(10)13-7-2-3-7/h5,7H,2-4H2,1H3,(H3,10,11,13). The third-order valence-corrected chi connectivity index (χ3v) is 2.83. The van der Waals surface area contributed by atoms with Gasteiger partial charge in [0.1, 0.15) is 0 Å². The van der Waals surface area contributed by atoms with Crippen LogP contribution >= 0.6 is 11.3 Å². The molecule has 0 atom stereocenters. The Morgan fingerprint density at radius 3 is 3.14 bits per heavy atom. The largest absolute Gasteiger partial charge is 0.370 e. The first kappa shape index (κ1) is 9.45. The molecule has 0 saturated heterocycles. The third kappa shape index (κ3) is 2.70. The molecule has 0 aliphatic heterocycles. The summed E-state index contributed by atoms with van der Waals surface area (Å²) in [6.07, 6.45) is 2.43. The number of aromatic nitrogens is 1. The van der Waals surface area contributed by atoms with E-state index >= 15 is 0 Å². The maximum absolute atomic E-state index is 5.68. The normalized spacial score (nSPS) is 17.1. The van der Waals surface area contributed by atoms with Gasteiger partial charge in [-0.1, -0.05) is 0 Å². The van der Waals surface area contributed by atoms with Crippen molar-refractivity contribution in [1.82, 2.24) is 10.3 Å². The van der Waals surface area contributed by atoms with Crippen molar-refractivity contribution in [3.05, 3.63) is 16.1 Å². The molecule has 1 aliphatic carbocycles. The molecular formula is C9H14N4S. The summed E-state index contributed by atoms with van der Waals surface area (Å²) >= 11 is 1.64. The highest BCUT2D eigenvalue weighted by Crippen LogP contribution is 2.18. The number of nitrogens with one attached hydrogen (secondary N) is 1. The number of nitrogens with two attached hydrogens (primary N) is 1. The molecule has 2 rings (SSSR count). The molecule has 5 heteroatoms. The smallest absolute Gasteiger partial charge is 0.189 e. The monoisotopic (exact) mass is 210 g/mol. The van der Waals surface area contributed by atoms with Gasteiger partial charge in [0.15, 0.2) is 5.96 Å². The molecule has 1 fully saturated rings. The van der Waals surface area contributed by atoms with Crippen molar-refractivity contribution in [2.75, 3.05) is 0 Å². The van der Waals surface area contributed by atoms with Gasteiger partial charge in [-0.05, 0) is 19.8 Å². The Kier molecular flexibility index (Phi) is 2.67. The van der Waals surface area contributed by atoms with Gasteiger partial charge in [0.2, 0.25) is 0 Å². The second-order valence-electron chi connectivity index (χ2n) is 3.48. The minimum Gasteiger partial charge on any atom is -0.370 e. The van der Waals surface area contributed by atoms with E-state index in [0.29, 0.717) is 18.5 Å². The van der Waals surface area contributed by atoms with Crippen LogP contribution in [-0.2, 0) is 6.54 Å². The summed E-state index contributed by atoms with van der Waals surface area (Å²) in [6.45, 7) is 2.57. The number of thiazole rings is 1. The fraction of sp³-hybridized carbons (Fsp3) is 0.556. The molecule has 0 spiro atoms. The Morgan fingerprint density at radius 1 is 1.79 bits per heavy atom. The van der Waals surface area contributed by atoms with Crippen molar-refractivity contribution < 1.29 is 0 Å². The number of aliphatic imine (C=N–C) groups is 1. The quantitative estimate of drug-likeness (QED) is 0.578. The molecule has 76 valence electrons. The second-order valence-corrected chi connectivity index (χ2v) is 4.54. The molecule has 1 saturated carbocycles. The Labute approximate surface area is 87.3 Å². The van der Waals surface area contributed by atoms with Crippen molar-refractivity contribution >= 4 is 17.3 Å². The van der Waals surface area contributed by atoms with Gasteiger partial charge < -0.3 is 11.1 Å². The lowest BCUT2D eigenvalue weighted by Gasteiger charge is -2.01. The van der Waals surface area contributed by atoms with Crippen LogP contribution in [0.1, 0.15) is 23.5 Å². The van der Waals surface area contributed by atoms with Crippen molar-refractivity contribution in [3.8, 4) is 0 Å². The van der Waals surface area contributed by atoms with E-state index in [-0.39, 0.29) is 0 Å². The molecule has 1 aromatic rings. The van der Waals surface area contributed by atoms with Crippen LogP contribution in [0.5, 0.6) is 0 Å². The lowest BCUT2D eigenvalue weighted by atomic mass is 10.5. The van der Waals surface area contributed by atoms with Crippen LogP contribution in [0.4, 0.5) is 0 Å². The van der Waals surface area contributed by atoms with Crippen molar-refractivity contribution in [1.29, 1.82) is 0 Å². The van der Waals surface area contributed by atoms with Gasteiger partial charge in [-0.3, -0.25) is 0 Å². The number of guanidine groups is 1. The summed E-state index contributed by atoms with van der Waals surface area (Å²) in [5.41, 5.74) is 6.68. The molecule has 0 amide bonds. The first-order chi connectivity index (χ1) is 6.74. The Morgan fingerprint density at radius 2 is 2.57 bits per heavy atom. The number of hydrogen-bond donors (Lipinski definition) is 2. The fourth-order valence-corrected chi connectivity index (χ4v) is 1.73. The number of aryl methyl sites for hydroxylation is 1. The average Bonchev–Trinajstić information content (AvgIpc) is 2.85. The number of nitrogens with zero attached hydrogens (tertiary/aromatic N) is 2. The van der Waals surface area contributed by atoms with Crippen LogP contribution in [-0.4, -0.2) is 17.0 Å². The Balaban J connectivity index is 1.84. The van der Waals surface area contributed by atoms with Crippen LogP contribution in [0, 0.1) is 6.92 Å². The van der Waals surface area contributed by atoms with E-state index in [0.717, 1.165) is 10.7 Å². The van der Waals surface area contributed by atoms with E-state index in [9.17, 15) is 0 Å². The molecule has 0 unspecified atom stereocenters. The van der Waals surface area contributed by atoms with Crippen molar-refractivity contribution in [2.24, 2.45) is 10.7 Å². The first-order valence-corrected chi connectivity index (χ1v) is 5.59. The van der Waals surface area contributed by atoms with Gasteiger partial charge >= 0.3 is 0 Å². The van der Waals surface area contributed by atoms with Crippen molar-refractivity contribution in [2.45, 2.75) is 32.4 Å².